The topological polar surface area (TPSA) is 97.4 Å². The van der Waals surface area contributed by atoms with Crippen molar-refractivity contribution in [3.8, 4) is 5.75 Å². The van der Waals surface area contributed by atoms with Crippen LogP contribution in [0.4, 0.5) is 0 Å². The van der Waals surface area contributed by atoms with E-state index in [-0.39, 0.29) is 28.2 Å². The summed E-state index contributed by atoms with van der Waals surface area (Å²) >= 11 is 0. The lowest BCUT2D eigenvalue weighted by molar-refractivity contribution is -0.149. The van der Waals surface area contributed by atoms with E-state index < -0.39 is 47.3 Å². The van der Waals surface area contributed by atoms with Gasteiger partial charge in [0.1, 0.15) is 11.4 Å². The van der Waals surface area contributed by atoms with Gasteiger partial charge in [0.15, 0.2) is 18.2 Å². The number of carbonyl (C=O) groups is 1. The van der Waals surface area contributed by atoms with Gasteiger partial charge in [-0.2, -0.15) is 0 Å². The molecule has 8 nitrogen and oxygen atoms in total. The van der Waals surface area contributed by atoms with Crippen LogP contribution in [0.2, 0.25) is 18.1 Å². The van der Waals surface area contributed by atoms with Crippen molar-refractivity contribution in [1.82, 2.24) is 0 Å². The molecule has 320 valence electrons. The Morgan fingerprint density at radius 2 is 1.52 bits per heavy atom. The fraction of sp³-hybridized carbons (Fsp3) is 0.479. The second-order valence-corrected chi connectivity index (χ2v) is 24.2. The first-order chi connectivity index (χ1) is 26.9. The van der Waals surface area contributed by atoms with Crippen molar-refractivity contribution >= 4 is 24.1 Å². The molecule has 10 heteroatoms. The Morgan fingerprint density at radius 1 is 0.897 bits per heavy atom. The summed E-state index contributed by atoms with van der Waals surface area (Å²) in [4.78, 5) is 12.7. The molecule has 58 heavy (non-hydrogen) atoms. The Morgan fingerprint density at radius 3 is 2.05 bits per heavy atom. The van der Waals surface area contributed by atoms with Crippen molar-refractivity contribution < 1.29 is 36.6 Å². The molecule has 2 aromatic carbocycles. The van der Waals surface area contributed by atoms with Crippen molar-refractivity contribution in [2.75, 3.05) is 14.2 Å². The number of esters is 1. The molecule has 0 fully saturated rings. The number of allylic oxidation sites excluding steroid dienone is 5. The van der Waals surface area contributed by atoms with E-state index in [9.17, 15) is 13.2 Å². The van der Waals surface area contributed by atoms with E-state index in [1.165, 1.54) is 0 Å². The molecule has 1 unspecified atom stereocenters. The van der Waals surface area contributed by atoms with Gasteiger partial charge in [-0.3, -0.25) is 0 Å². The molecule has 0 aromatic heterocycles. The van der Waals surface area contributed by atoms with E-state index in [4.69, 9.17) is 23.4 Å². The first-order valence-corrected chi connectivity index (χ1v) is 24.4. The van der Waals surface area contributed by atoms with Crippen LogP contribution in [0.15, 0.2) is 132 Å². The first-order valence-electron chi connectivity index (χ1n) is 20.0. The normalized spacial score (nSPS) is 16.2. The predicted molar refractivity (Wildman–Crippen MR) is 241 cm³/mol. The lowest BCUT2D eigenvalue weighted by Crippen LogP contribution is -2.47. The Balaban J connectivity index is 2.52. The number of rotatable bonds is 22. The van der Waals surface area contributed by atoms with Crippen LogP contribution in [0, 0.1) is 5.92 Å². The van der Waals surface area contributed by atoms with E-state index >= 15 is 0 Å². The van der Waals surface area contributed by atoms with Crippen LogP contribution in [0.1, 0.15) is 80.7 Å². The predicted octanol–water partition coefficient (Wildman–Crippen LogP) is 11.3. The van der Waals surface area contributed by atoms with E-state index in [0.717, 1.165) is 16.9 Å². The fourth-order valence-electron chi connectivity index (χ4n) is 5.80. The molecule has 0 heterocycles. The van der Waals surface area contributed by atoms with Crippen LogP contribution in [-0.2, 0) is 39.9 Å². The van der Waals surface area contributed by atoms with Gasteiger partial charge < -0.3 is 23.4 Å². The fourth-order valence-corrected chi connectivity index (χ4v) is 8.95. The second kappa shape index (κ2) is 22.5. The number of hydrogen-bond acceptors (Lipinski definition) is 8. The van der Waals surface area contributed by atoms with Gasteiger partial charge in [0.05, 0.1) is 42.2 Å². The summed E-state index contributed by atoms with van der Waals surface area (Å²) in [6.07, 6.45) is 12.5. The average molecular weight is 835 g/mol. The standard InChI is InChI=1S/C48H70O8SSi/c1-16-42(53-13)44(56-58(14,15)48(9,10)11)31-32-45(57(50,51)41-23-18-17-19-24-41)37(4)25-30-43(54-34-39-26-28-40(52-12)29-27-39)36(3)22-20-21-35(2)33-38(5)46(49)55-47(6,7)8/h16-30,33,36,42-45H,1,4,31-32,34H2,2-3,5-15H3/b22-20+,30-25+,35-21+,38-33+/t36-,42+,43-,44+,45?/m1/s1. The molecule has 0 bridgehead atoms. The third-order valence-corrected chi connectivity index (χ3v) is 17.0. The Hall–Kier alpha value is -3.80. The highest BCUT2D eigenvalue weighted by atomic mass is 32.2. The molecule has 2 rings (SSSR count). The number of hydrogen-bond donors (Lipinski definition) is 0. The summed E-state index contributed by atoms with van der Waals surface area (Å²) in [5.41, 5.74) is 2.20. The van der Waals surface area contributed by atoms with Crippen molar-refractivity contribution in [3.63, 3.8) is 0 Å². The molecule has 0 aliphatic rings. The summed E-state index contributed by atoms with van der Waals surface area (Å²) in [5, 5.41) is -1.01. The molecule has 2 aromatic rings. The molecule has 0 saturated heterocycles. The zero-order valence-corrected chi connectivity index (χ0v) is 39.2. The average Bonchev–Trinajstić information content (AvgIpc) is 3.14. The van der Waals surface area contributed by atoms with Gasteiger partial charge in [0.25, 0.3) is 0 Å². The van der Waals surface area contributed by atoms with E-state index in [1.807, 2.05) is 83.2 Å². The third-order valence-electron chi connectivity index (χ3n) is 10.3. The van der Waals surface area contributed by atoms with Gasteiger partial charge in [-0.25, -0.2) is 13.2 Å². The first kappa shape index (κ1) is 50.3. The molecule has 0 amide bonds. The smallest absolute Gasteiger partial charge is 0.334 e. The molecular formula is C48H70O8SSi. The van der Waals surface area contributed by atoms with E-state index in [0.29, 0.717) is 24.2 Å². The Bertz CT molecular complexity index is 1860. The van der Waals surface area contributed by atoms with Crippen molar-refractivity contribution in [2.45, 2.75) is 134 Å². The highest BCUT2D eigenvalue weighted by Crippen LogP contribution is 2.39. The Labute approximate surface area is 351 Å². The maximum atomic E-state index is 14.4. The maximum Gasteiger partial charge on any atom is 0.334 e. The molecule has 0 spiro atoms. The van der Waals surface area contributed by atoms with Crippen LogP contribution in [0.3, 0.4) is 0 Å². The molecule has 5 atom stereocenters. The van der Waals surface area contributed by atoms with Crippen molar-refractivity contribution in [2.24, 2.45) is 5.92 Å². The lowest BCUT2D eigenvalue weighted by atomic mass is 10.00. The minimum atomic E-state index is -3.86. The van der Waals surface area contributed by atoms with Gasteiger partial charge in [-0.1, -0.05) is 107 Å². The zero-order valence-electron chi connectivity index (χ0n) is 37.3. The van der Waals surface area contributed by atoms with Gasteiger partial charge in [-0.05, 0) is 107 Å². The van der Waals surface area contributed by atoms with Crippen LogP contribution >= 0.6 is 0 Å². The van der Waals surface area contributed by atoms with Gasteiger partial charge >= 0.3 is 5.97 Å². The molecule has 0 aliphatic heterocycles. The summed E-state index contributed by atoms with van der Waals surface area (Å²) in [6.45, 7) is 30.7. The van der Waals surface area contributed by atoms with Crippen LogP contribution < -0.4 is 4.74 Å². The quantitative estimate of drug-likeness (QED) is 0.0380. The lowest BCUT2D eigenvalue weighted by Gasteiger charge is -2.41. The molecule has 0 N–H and O–H groups in total. The van der Waals surface area contributed by atoms with Gasteiger partial charge in [0.2, 0.25) is 0 Å². The highest BCUT2D eigenvalue weighted by molar-refractivity contribution is 7.92. The Kier molecular flexibility index (Phi) is 19.6. The van der Waals surface area contributed by atoms with Crippen molar-refractivity contribution in [1.29, 1.82) is 0 Å². The van der Waals surface area contributed by atoms with Crippen LogP contribution in [0.5, 0.6) is 5.75 Å². The monoisotopic (exact) mass is 834 g/mol. The number of ether oxygens (including phenoxy) is 4. The van der Waals surface area contributed by atoms with E-state index in [2.05, 4.69) is 47.0 Å². The van der Waals surface area contributed by atoms with Gasteiger partial charge in [0, 0.05) is 18.6 Å². The highest BCUT2D eigenvalue weighted by Gasteiger charge is 2.41. The van der Waals surface area contributed by atoms with E-state index in [1.54, 1.807) is 69.7 Å². The number of methoxy groups -OCH3 is 2. The largest absolute Gasteiger partial charge is 0.497 e. The number of benzene rings is 2. The number of sulfone groups is 1. The maximum absolute atomic E-state index is 14.4. The molecular weight excluding hydrogens is 765 g/mol. The summed E-state index contributed by atoms with van der Waals surface area (Å²) < 4.78 is 58.8. The minimum absolute atomic E-state index is 0.0667. The molecule has 0 radical (unpaired) electrons. The zero-order chi connectivity index (χ0) is 43.9. The third kappa shape index (κ3) is 16.1. The minimum Gasteiger partial charge on any atom is -0.497 e. The van der Waals surface area contributed by atoms with Crippen LogP contribution in [0.25, 0.3) is 0 Å². The summed E-state index contributed by atoms with van der Waals surface area (Å²) in [7, 11) is -2.89. The number of carbonyl (C=O) groups excluding carboxylic acids is 1. The van der Waals surface area contributed by atoms with Crippen LogP contribution in [-0.4, -0.2) is 66.1 Å². The SMILES string of the molecule is C=C[C@H](OC)[C@H](CCC(C(=C)/C=C/[C@@H](OCc1ccc(OC)cc1)[C@H](C)/C=C/C=C(C)/C=C(\C)C(=O)OC(C)(C)C)S(=O)(=O)c1ccccc1)O[Si](C)(C)C(C)(C)C. The molecule has 0 saturated carbocycles. The summed E-state index contributed by atoms with van der Waals surface area (Å²) in [5.74, 6) is 0.253. The van der Waals surface area contributed by atoms with Gasteiger partial charge in [-0.15, -0.1) is 6.58 Å². The van der Waals surface area contributed by atoms with Crippen molar-refractivity contribution in [3.05, 3.63) is 133 Å². The second-order valence-electron chi connectivity index (χ2n) is 17.3. The molecule has 0 aliphatic carbocycles. The summed E-state index contributed by atoms with van der Waals surface area (Å²) in [6, 6.07) is 16.2.